The number of ether oxygens (including phenoxy) is 2. The number of ketones is 1. The molecule has 1 atom stereocenters. The standard InChI is InChI=1S/C30H38N2O5/c1-20(2)19-37-25-11-10-24(18-22(25)4)28(33)26-27(23-8-6-21(3)7-9-23)32(30(35)29(26)34)13-5-12-31-14-16-36-17-15-31/h6-11,18,20,27,33H,5,12-17,19H2,1-4H3/b28-26+/t27-/m0/s1. The zero-order valence-electron chi connectivity index (χ0n) is 22.3. The van der Waals surface area contributed by atoms with Crippen LogP contribution in [-0.2, 0) is 14.3 Å². The van der Waals surface area contributed by atoms with E-state index in [1.54, 1.807) is 11.0 Å². The molecule has 0 unspecified atom stereocenters. The molecule has 37 heavy (non-hydrogen) atoms. The number of benzene rings is 2. The van der Waals surface area contributed by atoms with Gasteiger partial charge in [0.25, 0.3) is 11.7 Å². The fraction of sp³-hybridized carbons (Fsp3) is 0.467. The number of hydrogen-bond acceptors (Lipinski definition) is 6. The van der Waals surface area contributed by atoms with Crippen molar-refractivity contribution in [2.75, 3.05) is 46.0 Å². The molecule has 1 N–H and O–H groups in total. The maximum absolute atomic E-state index is 13.3. The van der Waals surface area contributed by atoms with Gasteiger partial charge in [0, 0.05) is 31.7 Å². The molecular weight excluding hydrogens is 468 g/mol. The number of aryl methyl sites for hydroxylation is 2. The average Bonchev–Trinajstić information content (AvgIpc) is 3.13. The van der Waals surface area contributed by atoms with Crippen molar-refractivity contribution in [2.24, 2.45) is 5.92 Å². The van der Waals surface area contributed by atoms with Crippen molar-refractivity contribution >= 4 is 17.4 Å². The quantitative estimate of drug-likeness (QED) is 0.307. The molecule has 2 aliphatic rings. The first-order chi connectivity index (χ1) is 17.8. The monoisotopic (exact) mass is 506 g/mol. The van der Waals surface area contributed by atoms with Crippen molar-refractivity contribution < 1.29 is 24.2 Å². The summed E-state index contributed by atoms with van der Waals surface area (Å²) in [7, 11) is 0. The molecule has 198 valence electrons. The van der Waals surface area contributed by atoms with Crippen molar-refractivity contribution in [3.8, 4) is 5.75 Å². The molecule has 0 saturated carbocycles. The van der Waals surface area contributed by atoms with Crippen LogP contribution >= 0.6 is 0 Å². The Morgan fingerprint density at radius 2 is 1.76 bits per heavy atom. The molecule has 1 amide bonds. The molecule has 2 fully saturated rings. The number of likely N-dealkylation sites (tertiary alicyclic amines) is 1. The van der Waals surface area contributed by atoms with E-state index in [1.807, 2.05) is 50.2 Å². The Balaban J connectivity index is 1.65. The molecule has 2 saturated heterocycles. The maximum atomic E-state index is 13.3. The minimum absolute atomic E-state index is 0.135. The van der Waals surface area contributed by atoms with Crippen molar-refractivity contribution in [1.29, 1.82) is 0 Å². The molecule has 2 heterocycles. The van der Waals surface area contributed by atoms with E-state index in [-0.39, 0.29) is 11.3 Å². The number of rotatable bonds is 9. The maximum Gasteiger partial charge on any atom is 0.295 e. The number of carbonyl (C=O) groups excluding carboxylic acids is 2. The number of carbonyl (C=O) groups is 2. The lowest BCUT2D eigenvalue weighted by Gasteiger charge is -2.29. The molecule has 0 spiro atoms. The highest BCUT2D eigenvalue weighted by molar-refractivity contribution is 6.46. The molecule has 2 aromatic rings. The molecular formula is C30H38N2O5. The second kappa shape index (κ2) is 11.9. The van der Waals surface area contributed by atoms with Gasteiger partial charge in [-0.05, 0) is 55.5 Å². The number of amides is 1. The number of hydrogen-bond donors (Lipinski definition) is 1. The molecule has 0 bridgehead atoms. The highest BCUT2D eigenvalue weighted by Crippen LogP contribution is 2.40. The molecule has 4 rings (SSSR count). The van der Waals surface area contributed by atoms with Crippen LogP contribution in [0.25, 0.3) is 5.76 Å². The summed E-state index contributed by atoms with van der Waals surface area (Å²) in [5, 5.41) is 11.4. The number of morpholine rings is 1. The van der Waals surface area contributed by atoms with Gasteiger partial charge in [-0.15, -0.1) is 0 Å². The van der Waals surface area contributed by atoms with Gasteiger partial charge in [0.05, 0.1) is 31.4 Å². The fourth-order valence-electron chi connectivity index (χ4n) is 4.87. The van der Waals surface area contributed by atoms with E-state index in [9.17, 15) is 14.7 Å². The second-order valence-corrected chi connectivity index (χ2v) is 10.4. The van der Waals surface area contributed by atoms with Gasteiger partial charge in [-0.1, -0.05) is 43.7 Å². The minimum atomic E-state index is -0.646. The number of Topliss-reactive ketones (excluding diaryl/α,β-unsaturated/α-hetero) is 1. The molecule has 0 aliphatic carbocycles. The van der Waals surface area contributed by atoms with Gasteiger partial charge in [0.1, 0.15) is 11.5 Å². The van der Waals surface area contributed by atoms with Crippen molar-refractivity contribution in [2.45, 2.75) is 40.2 Å². The van der Waals surface area contributed by atoms with Crippen LogP contribution in [0.4, 0.5) is 0 Å². The lowest BCUT2D eigenvalue weighted by Crippen LogP contribution is -2.38. The predicted octanol–water partition coefficient (Wildman–Crippen LogP) is 4.48. The summed E-state index contributed by atoms with van der Waals surface area (Å²) in [6, 6.07) is 12.5. The van der Waals surface area contributed by atoms with Gasteiger partial charge < -0.3 is 19.5 Å². The zero-order chi connectivity index (χ0) is 26.5. The van der Waals surface area contributed by atoms with Crippen LogP contribution < -0.4 is 4.74 Å². The topological polar surface area (TPSA) is 79.3 Å². The van der Waals surface area contributed by atoms with Crippen LogP contribution in [0.15, 0.2) is 48.0 Å². The van der Waals surface area contributed by atoms with Crippen LogP contribution in [0.1, 0.15) is 48.6 Å². The molecule has 0 aromatic heterocycles. The predicted molar refractivity (Wildman–Crippen MR) is 144 cm³/mol. The molecule has 2 aromatic carbocycles. The van der Waals surface area contributed by atoms with Crippen LogP contribution in [-0.4, -0.2) is 72.6 Å². The van der Waals surface area contributed by atoms with Crippen LogP contribution in [0.2, 0.25) is 0 Å². The van der Waals surface area contributed by atoms with E-state index in [0.29, 0.717) is 37.8 Å². The SMILES string of the molecule is Cc1ccc([C@H]2/C(=C(\O)c3ccc(OCC(C)C)c(C)c3)C(=O)C(=O)N2CCCN2CCOCC2)cc1. The summed E-state index contributed by atoms with van der Waals surface area (Å²) in [6.45, 7) is 13.1. The number of nitrogens with zero attached hydrogens (tertiary/aromatic N) is 2. The number of aliphatic hydroxyl groups excluding tert-OH is 1. The van der Waals surface area contributed by atoms with Gasteiger partial charge in [0.15, 0.2) is 0 Å². The molecule has 0 radical (unpaired) electrons. The van der Waals surface area contributed by atoms with Crippen molar-refractivity contribution in [3.63, 3.8) is 0 Å². The summed E-state index contributed by atoms with van der Waals surface area (Å²) in [5.41, 5.74) is 3.39. The van der Waals surface area contributed by atoms with Gasteiger partial charge in [-0.2, -0.15) is 0 Å². The minimum Gasteiger partial charge on any atom is -0.507 e. The van der Waals surface area contributed by atoms with E-state index in [1.165, 1.54) is 0 Å². The lowest BCUT2D eigenvalue weighted by atomic mass is 9.94. The van der Waals surface area contributed by atoms with Crippen LogP contribution in [0.3, 0.4) is 0 Å². The smallest absolute Gasteiger partial charge is 0.295 e. The van der Waals surface area contributed by atoms with Crippen molar-refractivity contribution in [3.05, 3.63) is 70.3 Å². The molecule has 7 heteroatoms. The highest BCUT2D eigenvalue weighted by atomic mass is 16.5. The third kappa shape index (κ3) is 6.22. The van der Waals surface area contributed by atoms with Gasteiger partial charge >= 0.3 is 0 Å². The summed E-state index contributed by atoms with van der Waals surface area (Å²) in [5.74, 6) is -0.238. The highest BCUT2D eigenvalue weighted by Gasteiger charge is 2.45. The molecule has 7 nitrogen and oxygen atoms in total. The fourth-order valence-corrected chi connectivity index (χ4v) is 4.87. The Morgan fingerprint density at radius 3 is 2.41 bits per heavy atom. The Kier molecular flexibility index (Phi) is 8.67. The third-order valence-corrected chi connectivity index (χ3v) is 6.93. The van der Waals surface area contributed by atoms with Crippen LogP contribution in [0.5, 0.6) is 5.75 Å². The first kappa shape index (κ1) is 26.9. The zero-order valence-corrected chi connectivity index (χ0v) is 22.3. The van der Waals surface area contributed by atoms with E-state index in [4.69, 9.17) is 9.47 Å². The summed E-state index contributed by atoms with van der Waals surface area (Å²) in [4.78, 5) is 30.5. The van der Waals surface area contributed by atoms with Gasteiger partial charge in [-0.3, -0.25) is 14.5 Å². The van der Waals surface area contributed by atoms with Gasteiger partial charge in [0.2, 0.25) is 0 Å². The average molecular weight is 507 g/mol. The first-order valence-corrected chi connectivity index (χ1v) is 13.1. The van der Waals surface area contributed by atoms with Crippen LogP contribution in [0, 0.1) is 19.8 Å². The Labute approximate surface area is 219 Å². The largest absolute Gasteiger partial charge is 0.507 e. The normalized spacial score (nSPS) is 20.1. The Hall–Kier alpha value is -3.16. The third-order valence-electron chi connectivity index (χ3n) is 6.93. The van der Waals surface area contributed by atoms with E-state index in [2.05, 4.69) is 18.7 Å². The Bertz CT molecular complexity index is 1150. The summed E-state index contributed by atoms with van der Waals surface area (Å²) >= 11 is 0. The summed E-state index contributed by atoms with van der Waals surface area (Å²) in [6.07, 6.45) is 0.733. The van der Waals surface area contributed by atoms with Crippen molar-refractivity contribution in [1.82, 2.24) is 9.80 Å². The van der Waals surface area contributed by atoms with Gasteiger partial charge in [-0.25, -0.2) is 0 Å². The lowest BCUT2D eigenvalue weighted by molar-refractivity contribution is -0.140. The first-order valence-electron chi connectivity index (χ1n) is 13.1. The second-order valence-electron chi connectivity index (χ2n) is 10.4. The number of aliphatic hydroxyl groups is 1. The van der Waals surface area contributed by atoms with E-state index in [0.717, 1.165) is 48.5 Å². The summed E-state index contributed by atoms with van der Waals surface area (Å²) < 4.78 is 11.3. The Morgan fingerprint density at radius 1 is 1.05 bits per heavy atom. The molecule has 2 aliphatic heterocycles. The van der Waals surface area contributed by atoms with E-state index >= 15 is 0 Å². The van der Waals surface area contributed by atoms with E-state index < -0.39 is 17.7 Å².